The molecular formula is C18H18ClF2N3O3. The number of anilines is 2. The SMILES string of the molecule is COc1ccc(Cl)cc1NC(=O)CN(C)CC(=O)Nc1cc(F)ccc1F. The van der Waals surface area contributed by atoms with Gasteiger partial charge in [0, 0.05) is 11.1 Å². The third-order valence-corrected chi connectivity index (χ3v) is 3.70. The molecule has 27 heavy (non-hydrogen) atoms. The Morgan fingerprint density at radius 2 is 1.67 bits per heavy atom. The number of nitrogens with zero attached hydrogens (tertiary/aromatic N) is 1. The van der Waals surface area contributed by atoms with E-state index < -0.39 is 23.4 Å². The number of ether oxygens (including phenoxy) is 1. The van der Waals surface area contributed by atoms with Gasteiger partial charge in [-0.2, -0.15) is 0 Å². The quantitative estimate of drug-likeness (QED) is 0.753. The zero-order chi connectivity index (χ0) is 20.0. The first-order chi connectivity index (χ1) is 12.8. The van der Waals surface area contributed by atoms with Crippen molar-refractivity contribution in [2.45, 2.75) is 0 Å². The summed E-state index contributed by atoms with van der Waals surface area (Å²) >= 11 is 5.91. The smallest absolute Gasteiger partial charge is 0.238 e. The highest BCUT2D eigenvalue weighted by molar-refractivity contribution is 6.31. The molecule has 0 aliphatic rings. The van der Waals surface area contributed by atoms with Gasteiger partial charge < -0.3 is 15.4 Å². The van der Waals surface area contributed by atoms with Crippen molar-refractivity contribution >= 4 is 34.8 Å². The van der Waals surface area contributed by atoms with E-state index in [1.165, 1.54) is 25.1 Å². The molecule has 0 aliphatic heterocycles. The second-order valence-corrected chi connectivity index (χ2v) is 6.17. The molecule has 0 radical (unpaired) electrons. The average molecular weight is 398 g/mol. The molecule has 0 unspecified atom stereocenters. The third kappa shape index (κ3) is 6.19. The number of rotatable bonds is 7. The highest BCUT2D eigenvalue weighted by Crippen LogP contribution is 2.27. The van der Waals surface area contributed by atoms with Gasteiger partial charge >= 0.3 is 0 Å². The van der Waals surface area contributed by atoms with Crippen LogP contribution in [0.2, 0.25) is 5.02 Å². The summed E-state index contributed by atoms with van der Waals surface area (Å²) in [6.45, 7) is -0.315. The first kappa shape index (κ1) is 20.6. The Kier molecular flexibility index (Phi) is 7.09. The number of hydrogen-bond acceptors (Lipinski definition) is 4. The third-order valence-electron chi connectivity index (χ3n) is 3.47. The van der Waals surface area contributed by atoms with Crippen molar-refractivity contribution in [3.63, 3.8) is 0 Å². The van der Waals surface area contributed by atoms with Gasteiger partial charge in [0.25, 0.3) is 0 Å². The summed E-state index contributed by atoms with van der Waals surface area (Å²) in [6.07, 6.45) is 0. The van der Waals surface area contributed by atoms with Gasteiger partial charge in [-0.15, -0.1) is 0 Å². The monoisotopic (exact) mass is 397 g/mol. The molecule has 2 aromatic rings. The van der Waals surface area contributed by atoms with Crippen LogP contribution in [0.4, 0.5) is 20.2 Å². The number of hydrogen-bond donors (Lipinski definition) is 2. The Morgan fingerprint density at radius 1 is 1.04 bits per heavy atom. The van der Waals surface area contributed by atoms with E-state index in [2.05, 4.69) is 10.6 Å². The lowest BCUT2D eigenvalue weighted by atomic mass is 10.3. The van der Waals surface area contributed by atoms with Crippen molar-refractivity contribution in [3.05, 3.63) is 53.1 Å². The van der Waals surface area contributed by atoms with Crippen molar-refractivity contribution in [3.8, 4) is 5.75 Å². The average Bonchev–Trinajstić information content (AvgIpc) is 2.58. The highest BCUT2D eigenvalue weighted by atomic mass is 35.5. The lowest BCUT2D eigenvalue weighted by molar-refractivity contribution is -0.119. The molecule has 6 nitrogen and oxygen atoms in total. The maximum atomic E-state index is 13.5. The van der Waals surface area contributed by atoms with Crippen molar-refractivity contribution in [1.82, 2.24) is 4.90 Å². The van der Waals surface area contributed by atoms with Gasteiger partial charge in [-0.1, -0.05) is 11.6 Å². The number of nitrogens with one attached hydrogen (secondary N) is 2. The molecule has 0 atom stereocenters. The summed E-state index contributed by atoms with van der Waals surface area (Å²) in [5.74, 6) is -1.97. The van der Waals surface area contributed by atoms with Crippen LogP contribution in [0, 0.1) is 11.6 Å². The minimum absolute atomic E-state index is 0.116. The zero-order valence-corrected chi connectivity index (χ0v) is 15.4. The Hall–Kier alpha value is -2.71. The number of likely N-dealkylation sites (N-methyl/N-ethyl adjacent to an activating group) is 1. The van der Waals surface area contributed by atoms with Crippen LogP contribution in [0.5, 0.6) is 5.75 Å². The number of halogens is 3. The Balaban J connectivity index is 1.90. The molecule has 2 amide bonds. The van der Waals surface area contributed by atoms with Gasteiger partial charge in [-0.25, -0.2) is 8.78 Å². The predicted molar refractivity (Wildman–Crippen MR) is 99.1 cm³/mol. The molecule has 0 fully saturated rings. The Bertz CT molecular complexity index is 849. The topological polar surface area (TPSA) is 70.7 Å². The summed E-state index contributed by atoms with van der Waals surface area (Å²) in [7, 11) is 3.00. The van der Waals surface area contributed by atoms with Crippen LogP contribution >= 0.6 is 11.6 Å². The summed E-state index contributed by atoms with van der Waals surface area (Å²) in [4.78, 5) is 25.5. The van der Waals surface area contributed by atoms with Crippen LogP contribution in [-0.2, 0) is 9.59 Å². The van der Waals surface area contributed by atoms with Crippen LogP contribution < -0.4 is 15.4 Å². The van der Waals surface area contributed by atoms with Crippen molar-refractivity contribution in [2.75, 3.05) is 37.9 Å². The van der Waals surface area contributed by atoms with Crippen molar-refractivity contribution < 1.29 is 23.1 Å². The van der Waals surface area contributed by atoms with E-state index in [9.17, 15) is 18.4 Å². The van der Waals surface area contributed by atoms with E-state index in [4.69, 9.17) is 16.3 Å². The maximum absolute atomic E-state index is 13.5. The normalized spacial score (nSPS) is 10.6. The molecule has 0 saturated carbocycles. The fourth-order valence-corrected chi connectivity index (χ4v) is 2.47. The number of carbonyl (C=O) groups excluding carboxylic acids is 2. The largest absolute Gasteiger partial charge is 0.495 e. The van der Waals surface area contributed by atoms with Crippen LogP contribution in [0.15, 0.2) is 36.4 Å². The Labute approximate surface area is 160 Å². The fraction of sp³-hybridized carbons (Fsp3) is 0.222. The molecule has 0 spiro atoms. The van der Waals surface area contributed by atoms with Gasteiger partial charge in [0.05, 0.1) is 31.6 Å². The van der Waals surface area contributed by atoms with E-state index in [0.29, 0.717) is 16.5 Å². The fourth-order valence-electron chi connectivity index (χ4n) is 2.30. The number of amides is 2. The molecule has 0 bridgehead atoms. The van der Waals surface area contributed by atoms with E-state index in [-0.39, 0.29) is 18.8 Å². The highest BCUT2D eigenvalue weighted by Gasteiger charge is 2.14. The number of carbonyl (C=O) groups is 2. The minimum Gasteiger partial charge on any atom is -0.495 e. The van der Waals surface area contributed by atoms with Crippen molar-refractivity contribution in [1.29, 1.82) is 0 Å². The predicted octanol–water partition coefficient (Wildman–Crippen LogP) is 3.14. The molecule has 0 saturated heterocycles. The lowest BCUT2D eigenvalue weighted by Gasteiger charge is -2.17. The van der Waals surface area contributed by atoms with Crippen LogP contribution in [0.25, 0.3) is 0 Å². The molecule has 0 aromatic heterocycles. The maximum Gasteiger partial charge on any atom is 0.238 e. The zero-order valence-electron chi connectivity index (χ0n) is 14.7. The molecule has 0 aliphatic carbocycles. The molecule has 2 N–H and O–H groups in total. The van der Waals surface area contributed by atoms with Crippen molar-refractivity contribution in [2.24, 2.45) is 0 Å². The first-order valence-corrected chi connectivity index (χ1v) is 8.23. The van der Waals surface area contributed by atoms with Gasteiger partial charge in [0.15, 0.2) is 0 Å². The van der Waals surface area contributed by atoms with Crippen LogP contribution in [-0.4, -0.2) is 44.0 Å². The first-order valence-electron chi connectivity index (χ1n) is 7.85. The standard InChI is InChI=1S/C18H18ClF2N3O3/c1-24(9-17(25)22-14-8-12(20)4-5-13(14)21)10-18(26)23-15-7-11(19)3-6-16(15)27-2/h3-8H,9-10H2,1-2H3,(H,22,25)(H,23,26). The summed E-state index contributed by atoms with van der Waals surface area (Å²) in [5, 5.41) is 5.33. The van der Waals surface area contributed by atoms with Gasteiger partial charge in [-0.3, -0.25) is 14.5 Å². The molecule has 9 heteroatoms. The lowest BCUT2D eigenvalue weighted by Crippen LogP contribution is -2.36. The Morgan fingerprint density at radius 3 is 2.30 bits per heavy atom. The van der Waals surface area contributed by atoms with Gasteiger partial charge in [0.1, 0.15) is 17.4 Å². The van der Waals surface area contributed by atoms with E-state index >= 15 is 0 Å². The summed E-state index contributed by atoms with van der Waals surface area (Å²) < 4.78 is 31.8. The van der Waals surface area contributed by atoms with Crippen LogP contribution in [0.1, 0.15) is 0 Å². The van der Waals surface area contributed by atoms with Gasteiger partial charge in [0.2, 0.25) is 11.8 Å². The molecule has 2 rings (SSSR count). The summed E-state index contributed by atoms with van der Waals surface area (Å²) in [5.41, 5.74) is 0.135. The van der Waals surface area contributed by atoms with E-state index in [1.54, 1.807) is 12.1 Å². The second kappa shape index (κ2) is 9.29. The number of methoxy groups -OCH3 is 1. The minimum atomic E-state index is -0.752. The molecular weight excluding hydrogens is 380 g/mol. The number of benzene rings is 2. The van der Waals surface area contributed by atoms with Gasteiger partial charge in [-0.05, 0) is 37.4 Å². The molecule has 0 heterocycles. The molecule has 2 aromatic carbocycles. The van der Waals surface area contributed by atoms with E-state index in [0.717, 1.165) is 18.2 Å². The van der Waals surface area contributed by atoms with E-state index in [1.807, 2.05) is 0 Å². The molecule has 144 valence electrons. The van der Waals surface area contributed by atoms with Crippen LogP contribution in [0.3, 0.4) is 0 Å². The second-order valence-electron chi connectivity index (χ2n) is 5.74. The summed E-state index contributed by atoms with van der Waals surface area (Å²) in [6, 6.07) is 7.52.